The fraction of sp³-hybridized carbons (Fsp3) is 0.344. The molecule has 2 aliphatic heterocycles. The molecule has 2 heterocycles. The van der Waals surface area contributed by atoms with Gasteiger partial charge in [0, 0.05) is 26.1 Å². The number of nitrogens with one attached hydrogen (secondary N) is 1. The molecule has 42 heavy (non-hydrogen) atoms. The molecule has 3 aromatic rings. The van der Waals surface area contributed by atoms with E-state index in [1.807, 2.05) is 47.6 Å². The molecule has 4 amide bonds. The molecular weight excluding hydrogens is 553 g/mol. The maximum Gasteiger partial charge on any atom is 0.334 e. The highest BCUT2D eigenvalue weighted by molar-refractivity contribution is 7.98. The van der Waals surface area contributed by atoms with E-state index in [1.165, 1.54) is 12.1 Å². The molecule has 0 unspecified atom stereocenters. The number of likely N-dealkylation sites (N-methyl/N-ethyl adjacent to an activating group) is 1. The number of piperazine rings is 1. The largest absolute Gasteiger partial charge is 0.336 e. The van der Waals surface area contributed by atoms with E-state index in [-0.39, 0.29) is 49.2 Å². The lowest BCUT2D eigenvalue weighted by Gasteiger charge is -2.54. The topological polar surface area (TPSA) is 76.2 Å². The van der Waals surface area contributed by atoms with Crippen LogP contribution in [0.1, 0.15) is 29.0 Å². The number of urea groups is 1. The molecule has 10 heteroatoms. The first-order chi connectivity index (χ1) is 20.4. The Balaban J connectivity index is 1.45. The van der Waals surface area contributed by atoms with Crippen molar-refractivity contribution in [3.8, 4) is 0 Å². The zero-order valence-corrected chi connectivity index (χ0v) is 24.7. The van der Waals surface area contributed by atoms with Crippen LogP contribution in [-0.4, -0.2) is 88.6 Å². The van der Waals surface area contributed by atoms with Crippen molar-refractivity contribution in [2.75, 3.05) is 38.7 Å². The van der Waals surface area contributed by atoms with Gasteiger partial charge in [-0.2, -0.15) is 11.8 Å². The summed E-state index contributed by atoms with van der Waals surface area (Å²) in [6, 6.07) is 25.1. The van der Waals surface area contributed by atoms with Crippen LogP contribution in [0.5, 0.6) is 0 Å². The third-order valence-electron chi connectivity index (χ3n) is 7.91. The number of halogens is 1. The number of hydrogen-bond donors (Lipinski definition) is 1. The standard InChI is InChI=1S/C32H36FN5O3S/c1-35-22-30(39)37-28(17-18-42-2)31(40)36(20-27(24-9-5-3-6-10-24)25-11-7-4-8-12-25)21-29(37)38(35)32(41)34-19-23-13-15-26(33)16-14-23/h3-16,27-29H,17-22H2,1-2H3,(H,34,41)/t28-,29-/m0/s1. The van der Waals surface area contributed by atoms with Crippen molar-refractivity contribution in [2.24, 2.45) is 0 Å². The Labute approximate surface area is 250 Å². The van der Waals surface area contributed by atoms with E-state index >= 15 is 0 Å². The van der Waals surface area contributed by atoms with Crippen LogP contribution in [0, 0.1) is 5.82 Å². The molecule has 2 saturated heterocycles. The number of hydrazine groups is 1. The second-order valence-corrected chi connectivity index (χ2v) is 11.6. The summed E-state index contributed by atoms with van der Waals surface area (Å²) < 4.78 is 13.4. The molecule has 0 radical (unpaired) electrons. The summed E-state index contributed by atoms with van der Waals surface area (Å²) in [6.45, 7) is 0.785. The van der Waals surface area contributed by atoms with E-state index in [2.05, 4.69) is 29.6 Å². The number of fused-ring (bicyclic) bond motifs is 1. The molecule has 2 atom stereocenters. The summed E-state index contributed by atoms with van der Waals surface area (Å²) >= 11 is 1.62. The van der Waals surface area contributed by atoms with Crippen LogP contribution in [-0.2, 0) is 16.1 Å². The third kappa shape index (κ3) is 6.44. The Bertz CT molecular complexity index is 1340. The Morgan fingerprint density at radius 2 is 1.60 bits per heavy atom. The van der Waals surface area contributed by atoms with Crippen molar-refractivity contribution in [1.29, 1.82) is 0 Å². The number of carbonyl (C=O) groups is 3. The predicted octanol–water partition coefficient (Wildman–Crippen LogP) is 4.15. The Kier molecular flexibility index (Phi) is 9.44. The van der Waals surface area contributed by atoms with Gasteiger partial charge in [-0.15, -0.1) is 0 Å². The fourth-order valence-electron chi connectivity index (χ4n) is 5.83. The molecule has 220 valence electrons. The normalized spacial score (nSPS) is 19.3. The van der Waals surface area contributed by atoms with Gasteiger partial charge < -0.3 is 15.1 Å². The minimum atomic E-state index is -0.669. The highest BCUT2D eigenvalue weighted by Gasteiger charge is 2.50. The molecule has 0 saturated carbocycles. The van der Waals surface area contributed by atoms with Crippen molar-refractivity contribution in [3.05, 3.63) is 107 Å². The molecule has 0 spiro atoms. The van der Waals surface area contributed by atoms with Crippen LogP contribution in [0.4, 0.5) is 9.18 Å². The lowest BCUT2D eigenvalue weighted by atomic mass is 9.90. The first-order valence-electron chi connectivity index (χ1n) is 14.1. The molecular formula is C32H36FN5O3S. The van der Waals surface area contributed by atoms with Crippen LogP contribution < -0.4 is 5.32 Å². The monoisotopic (exact) mass is 589 g/mol. The molecule has 0 bridgehead atoms. The zero-order chi connectivity index (χ0) is 29.6. The molecule has 3 aromatic carbocycles. The number of amides is 4. The van der Waals surface area contributed by atoms with Crippen molar-refractivity contribution >= 4 is 29.6 Å². The van der Waals surface area contributed by atoms with Crippen molar-refractivity contribution < 1.29 is 18.8 Å². The second kappa shape index (κ2) is 13.4. The zero-order valence-electron chi connectivity index (χ0n) is 23.9. The van der Waals surface area contributed by atoms with Crippen LogP contribution in [0.25, 0.3) is 0 Å². The maximum atomic E-state index is 14.1. The van der Waals surface area contributed by atoms with Crippen molar-refractivity contribution in [3.63, 3.8) is 0 Å². The summed E-state index contributed by atoms with van der Waals surface area (Å²) in [5.41, 5.74) is 2.93. The van der Waals surface area contributed by atoms with E-state index < -0.39 is 12.2 Å². The van der Waals surface area contributed by atoms with Crippen LogP contribution in [0.2, 0.25) is 0 Å². The van der Waals surface area contributed by atoms with Gasteiger partial charge >= 0.3 is 6.03 Å². The molecule has 0 aromatic heterocycles. The number of carbonyl (C=O) groups excluding carboxylic acids is 3. The van der Waals surface area contributed by atoms with E-state index in [1.54, 1.807) is 45.9 Å². The van der Waals surface area contributed by atoms with Crippen molar-refractivity contribution in [2.45, 2.75) is 31.1 Å². The highest BCUT2D eigenvalue weighted by Crippen LogP contribution is 2.32. The van der Waals surface area contributed by atoms with E-state index in [0.717, 1.165) is 16.7 Å². The molecule has 0 aliphatic carbocycles. The number of benzene rings is 3. The Morgan fingerprint density at radius 3 is 2.19 bits per heavy atom. The van der Waals surface area contributed by atoms with Crippen LogP contribution in [0.3, 0.4) is 0 Å². The SMILES string of the molecule is CSCC[C@H]1C(=O)N(CC(c2ccccc2)c2ccccc2)C[C@H]2N1C(=O)CN(C)N2C(=O)NCc1ccc(F)cc1. The van der Waals surface area contributed by atoms with Gasteiger partial charge in [-0.25, -0.2) is 19.2 Å². The van der Waals surface area contributed by atoms with Gasteiger partial charge in [-0.3, -0.25) is 9.59 Å². The van der Waals surface area contributed by atoms with Crippen LogP contribution in [0.15, 0.2) is 84.9 Å². The smallest absolute Gasteiger partial charge is 0.334 e. The first kappa shape index (κ1) is 29.6. The lowest BCUT2D eigenvalue weighted by molar-refractivity contribution is -0.187. The third-order valence-corrected chi connectivity index (χ3v) is 8.55. The Hall–Kier alpha value is -3.89. The van der Waals surface area contributed by atoms with E-state index in [0.29, 0.717) is 18.7 Å². The quantitative estimate of drug-likeness (QED) is 0.406. The van der Waals surface area contributed by atoms with E-state index in [9.17, 15) is 18.8 Å². The number of hydrogen-bond acceptors (Lipinski definition) is 5. The van der Waals surface area contributed by atoms with Gasteiger partial charge in [-0.05, 0) is 47.3 Å². The Morgan fingerprint density at radius 1 is 0.976 bits per heavy atom. The average molecular weight is 590 g/mol. The minimum Gasteiger partial charge on any atom is -0.336 e. The van der Waals surface area contributed by atoms with E-state index in [4.69, 9.17) is 0 Å². The minimum absolute atomic E-state index is 0.0137. The number of thioether (sulfide) groups is 1. The molecule has 2 fully saturated rings. The summed E-state index contributed by atoms with van der Waals surface area (Å²) in [7, 11) is 1.71. The van der Waals surface area contributed by atoms with Crippen molar-refractivity contribution in [1.82, 2.24) is 25.1 Å². The van der Waals surface area contributed by atoms with Gasteiger partial charge in [0.2, 0.25) is 11.8 Å². The summed E-state index contributed by atoms with van der Waals surface area (Å²) in [5.74, 6) is 0.00625. The van der Waals surface area contributed by atoms with Crippen LogP contribution >= 0.6 is 11.8 Å². The summed E-state index contributed by atoms with van der Waals surface area (Å²) in [4.78, 5) is 44.6. The second-order valence-electron chi connectivity index (χ2n) is 10.6. The van der Waals surface area contributed by atoms with Gasteiger partial charge in [0.05, 0.1) is 13.1 Å². The molecule has 1 N–H and O–H groups in total. The summed E-state index contributed by atoms with van der Waals surface area (Å²) in [6.07, 6.45) is 1.81. The van der Waals surface area contributed by atoms with Gasteiger partial charge in [0.15, 0.2) is 0 Å². The highest BCUT2D eigenvalue weighted by atomic mass is 32.2. The summed E-state index contributed by atoms with van der Waals surface area (Å²) in [5, 5.41) is 6.09. The fourth-order valence-corrected chi connectivity index (χ4v) is 6.29. The molecule has 2 aliphatic rings. The van der Waals surface area contributed by atoms with Gasteiger partial charge in [-0.1, -0.05) is 72.8 Å². The van der Waals surface area contributed by atoms with Gasteiger partial charge in [0.25, 0.3) is 0 Å². The number of nitrogens with zero attached hydrogens (tertiary/aromatic N) is 4. The predicted molar refractivity (Wildman–Crippen MR) is 162 cm³/mol. The molecule has 8 nitrogen and oxygen atoms in total. The molecule has 5 rings (SSSR count). The maximum absolute atomic E-state index is 14.1. The first-order valence-corrected chi connectivity index (χ1v) is 15.5. The lowest BCUT2D eigenvalue weighted by Crippen LogP contribution is -2.76. The van der Waals surface area contributed by atoms with Gasteiger partial charge in [0.1, 0.15) is 18.0 Å². The average Bonchev–Trinajstić information content (AvgIpc) is 3.00. The number of rotatable bonds is 9.